The Morgan fingerprint density at radius 2 is 2.27 bits per heavy atom. The summed E-state index contributed by atoms with van der Waals surface area (Å²) >= 11 is 0. The summed E-state index contributed by atoms with van der Waals surface area (Å²) in [5.41, 5.74) is 0.929. The number of benzene rings is 1. The number of anilines is 1. The minimum Gasteiger partial charge on any atom is -0.383 e. The number of rotatable bonds is 5. The van der Waals surface area contributed by atoms with Crippen LogP contribution >= 0.6 is 0 Å². The van der Waals surface area contributed by atoms with E-state index in [1.54, 1.807) is 6.07 Å². The van der Waals surface area contributed by atoms with E-state index in [9.17, 15) is 8.42 Å². The van der Waals surface area contributed by atoms with Crippen molar-refractivity contribution in [2.75, 3.05) is 31.5 Å². The van der Waals surface area contributed by atoms with Crippen LogP contribution in [0, 0.1) is 17.2 Å². The topological polar surface area (TPSA) is 99.2 Å². The monoisotopic (exact) mass is 322 g/mol. The third kappa shape index (κ3) is 4.44. The van der Waals surface area contributed by atoms with Crippen molar-refractivity contribution in [2.45, 2.75) is 24.7 Å². The van der Waals surface area contributed by atoms with E-state index in [4.69, 9.17) is 10.4 Å². The highest BCUT2D eigenvalue weighted by molar-refractivity contribution is 7.89. The molecule has 1 saturated heterocycles. The Labute approximate surface area is 132 Å². The van der Waals surface area contributed by atoms with Gasteiger partial charge in [-0.2, -0.15) is 5.26 Å². The molecular formula is C15H22N4O2S. The lowest BCUT2D eigenvalue weighted by atomic mass is 10.0. The number of primary sulfonamides is 1. The van der Waals surface area contributed by atoms with E-state index in [1.165, 1.54) is 25.0 Å². The highest BCUT2D eigenvalue weighted by atomic mass is 32.2. The van der Waals surface area contributed by atoms with E-state index >= 15 is 0 Å². The summed E-state index contributed by atoms with van der Waals surface area (Å²) in [5.74, 6) is 0.734. The molecule has 1 unspecified atom stereocenters. The standard InChI is InChI=1S/C15H22N4O2S/c1-12-3-2-7-19(11-12)8-6-18-15-5-4-14(22(17,20)21)9-13(15)10-16/h4-5,9,12,18H,2-3,6-8,11H2,1H3,(H2,17,20,21). The van der Waals surface area contributed by atoms with E-state index in [1.807, 2.05) is 6.07 Å². The van der Waals surface area contributed by atoms with E-state index in [-0.39, 0.29) is 4.90 Å². The van der Waals surface area contributed by atoms with E-state index < -0.39 is 10.0 Å². The second kappa shape index (κ2) is 7.09. The van der Waals surface area contributed by atoms with Crippen LogP contribution in [0.1, 0.15) is 25.3 Å². The summed E-state index contributed by atoms with van der Waals surface area (Å²) in [6.45, 7) is 6.11. The highest BCUT2D eigenvalue weighted by Gasteiger charge is 2.16. The number of sulfonamides is 1. The van der Waals surface area contributed by atoms with Crippen LogP contribution in [0.25, 0.3) is 0 Å². The molecule has 1 aromatic carbocycles. The Bertz CT molecular complexity index is 667. The lowest BCUT2D eigenvalue weighted by molar-refractivity contribution is 0.190. The lowest BCUT2D eigenvalue weighted by Gasteiger charge is -2.30. The summed E-state index contributed by atoms with van der Waals surface area (Å²) in [4.78, 5) is 2.37. The maximum absolute atomic E-state index is 11.3. The fourth-order valence-corrected chi connectivity index (χ4v) is 3.33. The molecule has 3 N–H and O–H groups in total. The molecule has 1 aliphatic heterocycles. The smallest absolute Gasteiger partial charge is 0.238 e. The molecule has 0 saturated carbocycles. The molecule has 0 aliphatic carbocycles. The van der Waals surface area contributed by atoms with Crippen LogP contribution in [-0.2, 0) is 10.0 Å². The molecule has 7 heteroatoms. The minimum absolute atomic E-state index is 0.0422. The van der Waals surface area contributed by atoms with Gasteiger partial charge in [0, 0.05) is 19.6 Å². The molecule has 1 fully saturated rings. The van der Waals surface area contributed by atoms with Crippen molar-refractivity contribution in [1.82, 2.24) is 4.90 Å². The quantitative estimate of drug-likeness (QED) is 0.852. The number of nitrogens with one attached hydrogen (secondary N) is 1. The van der Waals surface area contributed by atoms with Crippen molar-refractivity contribution in [2.24, 2.45) is 11.1 Å². The second-order valence-corrected chi connectivity index (χ2v) is 7.40. The fraction of sp³-hybridized carbons (Fsp3) is 0.533. The molecule has 1 aromatic rings. The third-order valence-corrected chi connectivity index (χ3v) is 4.84. The largest absolute Gasteiger partial charge is 0.383 e. The van der Waals surface area contributed by atoms with Crippen molar-refractivity contribution in [1.29, 1.82) is 5.26 Å². The molecule has 0 spiro atoms. The molecule has 2 rings (SSSR count). The average molecular weight is 322 g/mol. The maximum atomic E-state index is 11.3. The number of hydrogen-bond acceptors (Lipinski definition) is 5. The molecule has 1 aliphatic rings. The SMILES string of the molecule is CC1CCCN(CCNc2ccc(S(N)(=O)=O)cc2C#N)C1. The normalized spacial score (nSPS) is 19.6. The third-order valence-electron chi connectivity index (χ3n) is 3.92. The van der Waals surface area contributed by atoms with E-state index in [2.05, 4.69) is 17.1 Å². The number of nitrogens with two attached hydrogens (primary N) is 1. The summed E-state index contributed by atoms with van der Waals surface area (Å²) in [5, 5.41) is 17.4. The minimum atomic E-state index is -3.78. The fourth-order valence-electron chi connectivity index (χ4n) is 2.79. The predicted octanol–water partition coefficient (Wildman–Crippen LogP) is 1.35. The zero-order chi connectivity index (χ0) is 16.2. The Balaban J connectivity index is 1.97. The predicted molar refractivity (Wildman–Crippen MR) is 85.9 cm³/mol. The summed E-state index contributed by atoms with van der Waals surface area (Å²) in [7, 11) is -3.78. The number of piperidine rings is 1. The van der Waals surface area contributed by atoms with Gasteiger partial charge in [0.2, 0.25) is 10.0 Å². The van der Waals surface area contributed by atoms with Gasteiger partial charge in [-0.15, -0.1) is 0 Å². The first-order valence-corrected chi connectivity index (χ1v) is 8.98. The maximum Gasteiger partial charge on any atom is 0.238 e. The van der Waals surface area contributed by atoms with Crippen molar-refractivity contribution >= 4 is 15.7 Å². The van der Waals surface area contributed by atoms with Gasteiger partial charge in [-0.25, -0.2) is 13.6 Å². The zero-order valence-electron chi connectivity index (χ0n) is 12.7. The molecule has 1 atom stereocenters. The Kier molecular flexibility index (Phi) is 5.40. The van der Waals surface area contributed by atoms with Gasteiger partial charge in [-0.05, 0) is 43.5 Å². The van der Waals surface area contributed by atoms with Gasteiger partial charge in [-0.3, -0.25) is 0 Å². The second-order valence-electron chi connectivity index (χ2n) is 5.84. The van der Waals surface area contributed by atoms with Gasteiger partial charge >= 0.3 is 0 Å². The average Bonchev–Trinajstić information content (AvgIpc) is 2.46. The van der Waals surface area contributed by atoms with Crippen molar-refractivity contribution in [3.05, 3.63) is 23.8 Å². The molecule has 1 heterocycles. The number of nitrogens with zero attached hydrogens (tertiary/aromatic N) is 2. The lowest BCUT2D eigenvalue weighted by Crippen LogP contribution is -2.37. The van der Waals surface area contributed by atoms with Crippen molar-refractivity contribution in [3.8, 4) is 6.07 Å². The molecule has 0 amide bonds. The molecule has 0 bridgehead atoms. The summed E-state index contributed by atoms with van der Waals surface area (Å²) < 4.78 is 22.6. The van der Waals surface area contributed by atoms with Crippen LogP contribution in [0.2, 0.25) is 0 Å². The van der Waals surface area contributed by atoms with E-state index in [0.29, 0.717) is 11.3 Å². The molecular weight excluding hydrogens is 300 g/mol. The number of nitriles is 1. The van der Waals surface area contributed by atoms with Gasteiger partial charge in [0.15, 0.2) is 0 Å². The summed E-state index contributed by atoms with van der Waals surface area (Å²) in [6, 6.07) is 6.33. The highest BCUT2D eigenvalue weighted by Crippen LogP contribution is 2.19. The molecule has 120 valence electrons. The van der Waals surface area contributed by atoms with Crippen LogP contribution in [0.4, 0.5) is 5.69 Å². The van der Waals surface area contributed by atoms with Gasteiger partial charge in [0.05, 0.1) is 16.1 Å². The van der Waals surface area contributed by atoms with Gasteiger partial charge in [0.1, 0.15) is 6.07 Å². The van der Waals surface area contributed by atoms with Crippen molar-refractivity contribution < 1.29 is 8.42 Å². The molecule has 6 nitrogen and oxygen atoms in total. The first-order valence-electron chi connectivity index (χ1n) is 7.43. The van der Waals surface area contributed by atoms with Crippen LogP contribution in [0.15, 0.2) is 23.1 Å². The van der Waals surface area contributed by atoms with Gasteiger partial charge < -0.3 is 10.2 Å². The Morgan fingerprint density at radius 3 is 2.91 bits per heavy atom. The van der Waals surface area contributed by atoms with Crippen LogP contribution < -0.4 is 10.5 Å². The zero-order valence-corrected chi connectivity index (χ0v) is 13.6. The first kappa shape index (κ1) is 16.7. The first-order chi connectivity index (χ1) is 10.4. The Hall–Kier alpha value is -1.62. The van der Waals surface area contributed by atoms with Crippen molar-refractivity contribution in [3.63, 3.8) is 0 Å². The van der Waals surface area contributed by atoms with Crippen LogP contribution in [0.3, 0.4) is 0 Å². The molecule has 0 aromatic heterocycles. The molecule has 0 radical (unpaired) electrons. The number of hydrogen-bond donors (Lipinski definition) is 2. The van der Waals surface area contributed by atoms with Gasteiger partial charge in [0.25, 0.3) is 0 Å². The number of likely N-dealkylation sites (tertiary alicyclic amines) is 1. The van der Waals surface area contributed by atoms with Crippen LogP contribution in [-0.4, -0.2) is 39.5 Å². The summed E-state index contributed by atoms with van der Waals surface area (Å²) in [6.07, 6.45) is 2.52. The van der Waals surface area contributed by atoms with E-state index in [0.717, 1.165) is 32.1 Å². The van der Waals surface area contributed by atoms with Gasteiger partial charge in [-0.1, -0.05) is 6.92 Å². The molecule has 22 heavy (non-hydrogen) atoms. The van der Waals surface area contributed by atoms with Crippen LogP contribution in [0.5, 0.6) is 0 Å². The Morgan fingerprint density at radius 1 is 1.50 bits per heavy atom.